The molecular formula is C17H19N3O2. The molecule has 0 aliphatic rings. The van der Waals surface area contributed by atoms with Crippen LogP contribution in [0.15, 0.2) is 48.7 Å². The average molecular weight is 297 g/mol. The normalized spacial score (nSPS) is 10.0. The van der Waals surface area contributed by atoms with Gasteiger partial charge in [-0.1, -0.05) is 18.2 Å². The average Bonchev–Trinajstić information content (AvgIpc) is 2.54. The number of pyridine rings is 1. The minimum atomic E-state index is -0.109. The molecular weight excluding hydrogens is 278 g/mol. The van der Waals surface area contributed by atoms with Gasteiger partial charge in [-0.05, 0) is 29.8 Å². The molecule has 2 aromatic rings. The van der Waals surface area contributed by atoms with Gasteiger partial charge in [-0.3, -0.25) is 14.6 Å². The fourth-order valence-electron chi connectivity index (χ4n) is 1.95. The van der Waals surface area contributed by atoms with Crippen molar-refractivity contribution in [2.45, 2.75) is 19.9 Å². The second kappa shape index (κ2) is 7.93. The quantitative estimate of drug-likeness (QED) is 0.852. The van der Waals surface area contributed by atoms with E-state index in [0.29, 0.717) is 25.1 Å². The van der Waals surface area contributed by atoms with Gasteiger partial charge in [0, 0.05) is 43.9 Å². The first-order valence-electron chi connectivity index (χ1n) is 7.16. The molecule has 5 heteroatoms. The predicted octanol–water partition coefficient (Wildman–Crippen LogP) is 1.69. The van der Waals surface area contributed by atoms with Gasteiger partial charge in [0.25, 0.3) is 5.91 Å². The van der Waals surface area contributed by atoms with Crippen LogP contribution in [0.3, 0.4) is 0 Å². The second-order valence-corrected chi connectivity index (χ2v) is 4.93. The van der Waals surface area contributed by atoms with E-state index in [1.165, 1.54) is 6.92 Å². The minimum Gasteiger partial charge on any atom is -0.352 e. The number of aromatic nitrogens is 1. The maximum atomic E-state index is 12.0. The van der Waals surface area contributed by atoms with Crippen LogP contribution in [0.25, 0.3) is 0 Å². The first kappa shape index (κ1) is 15.7. The lowest BCUT2D eigenvalue weighted by atomic mass is 10.1. The van der Waals surface area contributed by atoms with E-state index in [1.54, 1.807) is 18.3 Å². The summed E-state index contributed by atoms with van der Waals surface area (Å²) >= 11 is 0. The largest absolute Gasteiger partial charge is 0.352 e. The predicted molar refractivity (Wildman–Crippen MR) is 84.2 cm³/mol. The molecule has 0 aliphatic carbocycles. The lowest BCUT2D eigenvalue weighted by Gasteiger charge is -2.06. The van der Waals surface area contributed by atoms with Crippen LogP contribution in [0.1, 0.15) is 28.5 Å². The number of carbonyl (C=O) groups excluding carboxylic acids is 2. The van der Waals surface area contributed by atoms with Crippen LogP contribution in [-0.2, 0) is 17.8 Å². The summed E-state index contributed by atoms with van der Waals surface area (Å²) in [6, 6.07) is 12.9. The zero-order valence-corrected chi connectivity index (χ0v) is 12.5. The fraction of sp³-hybridized carbons (Fsp3) is 0.235. The smallest absolute Gasteiger partial charge is 0.251 e. The van der Waals surface area contributed by atoms with E-state index in [-0.39, 0.29) is 11.8 Å². The number of amides is 2. The van der Waals surface area contributed by atoms with E-state index in [1.807, 2.05) is 30.3 Å². The molecule has 0 unspecified atom stereocenters. The summed E-state index contributed by atoms with van der Waals surface area (Å²) < 4.78 is 0. The SMILES string of the molecule is CC(=O)NCc1ccc(C(=O)NCCc2ccccn2)cc1. The van der Waals surface area contributed by atoms with Crippen molar-refractivity contribution in [2.24, 2.45) is 0 Å². The Labute approximate surface area is 129 Å². The van der Waals surface area contributed by atoms with Crippen LogP contribution >= 0.6 is 0 Å². The molecule has 2 amide bonds. The lowest BCUT2D eigenvalue weighted by Crippen LogP contribution is -2.26. The number of carbonyl (C=O) groups is 2. The number of hydrogen-bond donors (Lipinski definition) is 2. The molecule has 0 fully saturated rings. The summed E-state index contributed by atoms with van der Waals surface area (Å²) in [6.45, 7) is 2.49. The van der Waals surface area contributed by atoms with E-state index < -0.39 is 0 Å². The topological polar surface area (TPSA) is 71.1 Å². The van der Waals surface area contributed by atoms with Crippen LogP contribution in [0.2, 0.25) is 0 Å². The summed E-state index contributed by atoms with van der Waals surface area (Å²) in [5, 5.41) is 5.58. The highest BCUT2D eigenvalue weighted by atomic mass is 16.2. The van der Waals surface area contributed by atoms with Crippen molar-refractivity contribution in [1.29, 1.82) is 0 Å². The molecule has 0 atom stereocenters. The Kier molecular flexibility index (Phi) is 5.65. The lowest BCUT2D eigenvalue weighted by molar-refractivity contribution is -0.119. The Morgan fingerprint density at radius 2 is 1.82 bits per heavy atom. The molecule has 1 aromatic heterocycles. The molecule has 2 N–H and O–H groups in total. The summed E-state index contributed by atoms with van der Waals surface area (Å²) in [6.07, 6.45) is 2.44. The van der Waals surface area contributed by atoms with Gasteiger partial charge in [0.1, 0.15) is 0 Å². The van der Waals surface area contributed by atoms with Crippen molar-refractivity contribution in [1.82, 2.24) is 15.6 Å². The molecule has 2 rings (SSSR count). The van der Waals surface area contributed by atoms with Crippen molar-refractivity contribution < 1.29 is 9.59 Å². The van der Waals surface area contributed by atoms with Gasteiger partial charge in [-0.15, -0.1) is 0 Å². The van der Waals surface area contributed by atoms with Crippen molar-refractivity contribution >= 4 is 11.8 Å². The number of hydrogen-bond acceptors (Lipinski definition) is 3. The van der Waals surface area contributed by atoms with Gasteiger partial charge in [0.15, 0.2) is 0 Å². The highest BCUT2D eigenvalue weighted by Crippen LogP contribution is 2.04. The molecule has 0 bridgehead atoms. The third-order valence-corrected chi connectivity index (χ3v) is 3.15. The fourth-order valence-corrected chi connectivity index (χ4v) is 1.95. The molecule has 1 heterocycles. The summed E-state index contributed by atoms with van der Waals surface area (Å²) in [7, 11) is 0. The van der Waals surface area contributed by atoms with Crippen molar-refractivity contribution in [3.8, 4) is 0 Å². The van der Waals surface area contributed by atoms with Crippen LogP contribution in [0, 0.1) is 0 Å². The highest BCUT2D eigenvalue weighted by molar-refractivity contribution is 5.94. The van der Waals surface area contributed by atoms with E-state index in [9.17, 15) is 9.59 Å². The Morgan fingerprint density at radius 1 is 1.05 bits per heavy atom. The number of nitrogens with one attached hydrogen (secondary N) is 2. The molecule has 0 spiro atoms. The Balaban J connectivity index is 1.81. The monoisotopic (exact) mass is 297 g/mol. The van der Waals surface area contributed by atoms with Crippen molar-refractivity contribution in [3.05, 3.63) is 65.5 Å². The van der Waals surface area contributed by atoms with Crippen molar-refractivity contribution in [3.63, 3.8) is 0 Å². The van der Waals surface area contributed by atoms with Gasteiger partial charge in [-0.25, -0.2) is 0 Å². The zero-order valence-electron chi connectivity index (χ0n) is 12.5. The van der Waals surface area contributed by atoms with E-state index >= 15 is 0 Å². The minimum absolute atomic E-state index is 0.0728. The van der Waals surface area contributed by atoms with E-state index in [4.69, 9.17) is 0 Å². The standard InChI is InChI=1S/C17H19N3O2/c1-13(21)20-12-14-5-7-15(8-6-14)17(22)19-11-9-16-4-2-3-10-18-16/h2-8,10H,9,11-12H2,1H3,(H,19,22)(H,20,21). The maximum Gasteiger partial charge on any atom is 0.251 e. The molecule has 5 nitrogen and oxygen atoms in total. The first-order valence-corrected chi connectivity index (χ1v) is 7.16. The first-order chi connectivity index (χ1) is 10.6. The van der Waals surface area contributed by atoms with Gasteiger partial charge in [-0.2, -0.15) is 0 Å². The molecule has 0 radical (unpaired) electrons. The summed E-state index contributed by atoms with van der Waals surface area (Å²) in [4.78, 5) is 27.1. The van der Waals surface area contributed by atoms with E-state index in [2.05, 4.69) is 15.6 Å². The van der Waals surface area contributed by atoms with Crippen LogP contribution in [0.4, 0.5) is 0 Å². The van der Waals surface area contributed by atoms with Gasteiger partial charge in [0.05, 0.1) is 0 Å². The Bertz CT molecular complexity index is 624. The molecule has 114 valence electrons. The molecule has 0 saturated carbocycles. The van der Waals surface area contributed by atoms with Gasteiger partial charge >= 0.3 is 0 Å². The Morgan fingerprint density at radius 3 is 2.45 bits per heavy atom. The Hall–Kier alpha value is -2.69. The van der Waals surface area contributed by atoms with E-state index in [0.717, 1.165) is 11.3 Å². The highest BCUT2D eigenvalue weighted by Gasteiger charge is 2.05. The third-order valence-electron chi connectivity index (χ3n) is 3.15. The van der Waals surface area contributed by atoms with Crippen LogP contribution in [0.5, 0.6) is 0 Å². The molecule has 1 aromatic carbocycles. The number of nitrogens with zero attached hydrogens (tertiary/aromatic N) is 1. The molecule has 0 saturated heterocycles. The maximum absolute atomic E-state index is 12.0. The third kappa shape index (κ3) is 5.01. The summed E-state index contributed by atoms with van der Waals surface area (Å²) in [5.74, 6) is -0.182. The zero-order chi connectivity index (χ0) is 15.8. The van der Waals surface area contributed by atoms with Crippen LogP contribution in [-0.4, -0.2) is 23.3 Å². The number of rotatable bonds is 6. The molecule has 0 aliphatic heterocycles. The van der Waals surface area contributed by atoms with Gasteiger partial charge in [0.2, 0.25) is 5.91 Å². The summed E-state index contributed by atoms with van der Waals surface area (Å²) in [5.41, 5.74) is 2.52. The van der Waals surface area contributed by atoms with Crippen molar-refractivity contribution in [2.75, 3.05) is 6.54 Å². The molecule has 22 heavy (non-hydrogen) atoms. The van der Waals surface area contributed by atoms with Crippen LogP contribution < -0.4 is 10.6 Å². The second-order valence-electron chi connectivity index (χ2n) is 4.93. The number of benzene rings is 1. The van der Waals surface area contributed by atoms with Gasteiger partial charge < -0.3 is 10.6 Å².